The number of rotatable bonds is 6. The van der Waals surface area contributed by atoms with Crippen LogP contribution < -0.4 is 5.73 Å². The summed E-state index contributed by atoms with van der Waals surface area (Å²) in [5.74, 6) is 6.27. The van der Waals surface area contributed by atoms with Crippen LogP contribution >= 0.6 is 0 Å². The van der Waals surface area contributed by atoms with Gasteiger partial charge in [-0.15, -0.1) is 0 Å². The highest BCUT2D eigenvalue weighted by Gasteiger charge is 2.28. The quantitative estimate of drug-likeness (QED) is 0.375. The molecule has 0 amide bonds. The zero-order valence-electron chi connectivity index (χ0n) is 12.0. The fraction of sp³-hybridized carbons (Fsp3) is 0.467. The molecule has 0 bridgehead atoms. The number of benzene rings is 1. The predicted octanol–water partition coefficient (Wildman–Crippen LogP) is 2.16. The summed E-state index contributed by atoms with van der Waals surface area (Å²) in [6, 6.07) is 9.90. The third-order valence-electron chi connectivity index (χ3n) is 2.83. The van der Waals surface area contributed by atoms with Crippen molar-refractivity contribution in [2.75, 3.05) is 19.6 Å². The van der Waals surface area contributed by atoms with Crippen LogP contribution in [0.25, 0.3) is 0 Å². The van der Waals surface area contributed by atoms with Gasteiger partial charge in [-0.25, -0.2) is 0 Å². The molecule has 0 saturated carbocycles. The third kappa shape index (κ3) is 6.04. The van der Waals surface area contributed by atoms with Crippen molar-refractivity contribution in [3.63, 3.8) is 0 Å². The Morgan fingerprint density at radius 3 is 2.53 bits per heavy atom. The van der Waals surface area contributed by atoms with Gasteiger partial charge in [0.2, 0.25) is 0 Å². The summed E-state index contributed by atoms with van der Waals surface area (Å²) in [6.07, 6.45) is 0.664. The highest BCUT2D eigenvalue weighted by atomic mass is 28.3. The molecule has 0 aliphatic heterocycles. The van der Waals surface area contributed by atoms with Gasteiger partial charge in [0.1, 0.15) is 14.9 Å². The van der Waals surface area contributed by atoms with Crippen LogP contribution in [0.4, 0.5) is 0 Å². The molecule has 0 spiro atoms. The standard InChI is InChI=1S/C15H23NO2Si/c1-4-17-12-18-13-19(2,3)15(16)11-10-14-8-6-5-7-9-14/h5-9,15H,4,12-13,16H2,1-3H3. The molecule has 1 atom stereocenters. The highest BCUT2D eigenvalue weighted by molar-refractivity contribution is 6.79. The summed E-state index contributed by atoms with van der Waals surface area (Å²) in [6.45, 7) is 7.32. The first-order valence-corrected chi connectivity index (χ1v) is 9.82. The van der Waals surface area contributed by atoms with Gasteiger partial charge in [0, 0.05) is 18.4 Å². The zero-order chi connectivity index (χ0) is 14.1. The molecule has 0 saturated heterocycles. The van der Waals surface area contributed by atoms with E-state index in [0.29, 0.717) is 19.6 Å². The van der Waals surface area contributed by atoms with Gasteiger partial charge in [-0.1, -0.05) is 43.1 Å². The Bertz CT molecular complexity index is 423. The van der Waals surface area contributed by atoms with Crippen LogP contribution in [-0.4, -0.2) is 33.4 Å². The molecular formula is C15H23NO2Si. The summed E-state index contributed by atoms with van der Waals surface area (Å²) >= 11 is 0. The van der Waals surface area contributed by atoms with Crippen molar-refractivity contribution in [3.8, 4) is 11.8 Å². The van der Waals surface area contributed by atoms with Crippen LogP contribution in [0.3, 0.4) is 0 Å². The number of hydrogen-bond acceptors (Lipinski definition) is 3. The fourth-order valence-corrected chi connectivity index (χ4v) is 2.67. The van der Waals surface area contributed by atoms with Crippen LogP contribution in [0, 0.1) is 11.8 Å². The summed E-state index contributed by atoms with van der Waals surface area (Å²) in [4.78, 5) is 0. The molecule has 0 aliphatic rings. The average molecular weight is 277 g/mol. The van der Waals surface area contributed by atoms with Gasteiger partial charge < -0.3 is 15.2 Å². The average Bonchev–Trinajstić information content (AvgIpc) is 2.42. The van der Waals surface area contributed by atoms with Gasteiger partial charge in [0.15, 0.2) is 0 Å². The van der Waals surface area contributed by atoms with E-state index in [0.717, 1.165) is 5.56 Å². The van der Waals surface area contributed by atoms with E-state index in [-0.39, 0.29) is 5.67 Å². The molecule has 0 aliphatic carbocycles. The summed E-state index contributed by atoms with van der Waals surface area (Å²) in [5, 5.41) is 0. The molecule has 0 radical (unpaired) electrons. The highest BCUT2D eigenvalue weighted by Crippen LogP contribution is 2.07. The predicted molar refractivity (Wildman–Crippen MR) is 81.2 cm³/mol. The molecule has 0 aromatic heterocycles. The van der Waals surface area contributed by atoms with Gasteiger partial charge >= 0.3 is 0 Å². The van der Waals surface area contributed by atoms with Gasteiger partial charge in [0.25, 0.3) is 0 Å². The maximum atomic E-state index is 6.18. The van der Waals surface area contributed by atoms with E-state index in [4.69, 9.17) is 15.2 Å². The lowest BCUT2D eigenvalue weighted by Crippen LogP contribution is -2.51. The van der Waals surface area contributed by atoms with Crippen molar-refractivity contribution in [3.05, 3.63) is 35.9 Å². The van der Waals surface area contributed by atoms with E-state index in [9.17, 15) is 0 Å². The molecule has 1 unspecified atom stereocenters. The lowest BCUT2D eigenvalue weighted by Gasteiger charge is -2.25. The van der Waals surface area contributed by atoms with Crippen molar-refractivity contribution >= 4 is 8.07 Å². The molecular weight excluding hydrogens is 254 g/mol. The van der Waals surface area contributed by atoms with E-state index in [2.05, 4.69) is 24.9 Å². The smallest absolute Gasteiger partial charge is 0.146 e. The molecule has 0 fully saturated rings. The van der Waals surface area contributed by atoms with Crippen molar-refractivity contribution < 1.29 is 9.47 Å². The van der Waals surface area contributed by atoms with Crippen LogP contribution in [0.2, 0.25) is 13.1 Å². The Morgan fingerprint density at radius 2 is 1.89 bits per heavy atom. The van der Waals surface area contributed by atoms with Crippen molar-refractivity contribution in [2.45, 2.75) is 25.7 Å². The maximum absolute atomic E-state index is 6.18. The second-order valence-corrected chi connectivity index (χ2v) is 9.95. The van der Waals surface area contributed by atoms with E-state index >= 15 is 0 Å². The molecule has 4 heteroatoms. The second-order valence-electron chi connectivity index (χ2n) is 5.06. The molecule has 1 aromatic carbocycles. The van der Waals surface area contributed by atoms with E-state index in [1.165, 1.54) is 0 Å². The Labute approximate surface area is 117 Å². The largest absolute Gasteiger partial charge is 0.359 e. The summed E-state index contributed by atoms with van der Waals surface area (Å²) < 4.78 is 10.7. The lowest BCUT2D eigenvalue weighted by molar-refractivity contribution is -0.0350. The lowest BCUT2D eigenvalue weighted by atomic mass is 10.2. The van der Waals surface area contributed by atoms with Crippen LogP contribution in [-0.2, 0) is 9.47 Å². The zero-order valence-corrected chi connectivity index (χ0v) is 13.0. The van der Waals surface area contributed by atoms with Crippen LogP contribution in [0.15, 0.2) is 30.3 Å². The monoisotopic (exact) mass is 277 g/mol. The fourth-order valence-electron chi connectivity index (χ4n) is 1.41. The molecule has 0 heterocycles. The topological polar surface area (TPSA) is 44.5 Å². The van der Waals surface area contributed by atoms with E-state index in [1.54, 1.807) is 0 Å². The van der Waals surface area contributed by atoms with E-state index < -0.39 is 8.07 Å². The van der Waals surface area contributed by atoms with Crippen molar-refractivity contribution in [1.82, 2.24) is 0 Å². The van der Waals surface area contributed by atoms with Crippen molar-refractivity contribution in [1.29, 1.82) is 0 Å². The number of nitrogens with two attached hydrogens (primary N) is 1. The van der Waals surface area contributed by atoms with E-state index in [1.807, 2.05) is 37.3 Å². The molecule has 1 rings (SSSR count). The molecule has 3 nitrogen and oxygen atoms in total. The van der Waals surface area contributed by atoms with Gasteiger partial charge in [-0.05, 0) is 19.1 Å². The molecule has 2 N–H and O–H groups in total. The summed E-state index contributed by atoms with van der Waals surface area (Å²) in [5.41, 5.74) is 7.08. The third-order valence-corrected chi connectivity index (χ3v) is 5.61. The SMILES string of the molecule is CCOCOC[Si](C)(C)C(N)C#Cc1ccccc1. The Morgan fingerprint density at radius 1 is 1.21 bits per heavy atom. The summed E-state index contributed by atoms with van der Waals surface area (Å²) in [7, 11) is -1.71. The molecule has 1 aromatic rings. The number of ether oxygens (including phenoxy) is 2. The van der Waals surface area contributed by atoms with Crippen LogP contribution in [0.1, 0.15) is 12.5 Å². The second kappa shape index (κ2) is 8.13. The first-order chi connectivity index (χ1) is 9.06. The van der Waals surface area contributed by atoms with Gasteiger partial charge in [0.05, 0.1) is 5.67 Å². The van der Waals surface area contributed by atoms with Gasteiger partial charge in [-0.3, -0.25) is 0 Å². The minimum absolute atomic E-state index is 0.102. The Balaban J connectivity index is 2.51. The minimum Gasteiger partial charge on any atom is -0.359 e. The molecule has 19 heavy (non-hydrogen) atoms. The number of hydrogen-bond donors (Lipinski definition) is 1. The maximum Gasteiger partial charge on any atom is 0.146 e. The van der Waals surface area contributed by atoms with Crippen molar-refractivity contribution in [2.24, 2.45) is 5.73 Å². The normalized spacial score (nSPS) is 12.6. The Kier molecular flexibility index (Phi) is 6.82. The van der Waals surface area contributed by atoms with Crippen LogP contribution in [0.5, 0.6) is 0 Å². The molecule has 104 valence electrons. The minimum atomic E-state index is -1.71. The first kappa shape index (κ1) is 15.9. The van der Waals surface area contributed by atoms with Gasteiger partial charge in [-0.2, -0.15) is 0 Å². The first-order valence-electron chi connectivity index (χ1n) is 6.54. The Hall–Kier alpha value is -1.12.